The summed E-state index contributed by atoms with van der Waals surface area (Å²) >= 11 is 3.24. The summed E-state index contributed by atoms with van der Waals surface area (Å²) in [6.07, 6.45) is -0.819. The largest absolute Gasteiger partial charge is 0.391 e. The van der Waals surface area contributed by atoms with Gasteiger partial charge in [0.1, 0.15) is 4.60 Å². The van der Waals surface area contributed by atoms with E-state index in [0.717, 1.165) is 10.3 Å². The topological polar surface area (TPSA) is 24.9 Å². The molecule has 0 unspecified atom stereocenters. The lowest BCUT2D eigenvalue weighted by Gasteiger charge is -2.30. The molecule has 1 saturated carbocycles. The fourth-order valence-corrected chi connectivity index (χ4v) is 2.50. The molecule has 0 spiro atoms. The monoisotopic (exact) mass is 322 g/mol. The van der Waals surface area contributed by atoms with E-state index in [0.29, 0.717) is 12.8 Å². The normalized spacial score (nSPS) is 24.9. The molecule has 0 amide bonds. The van der Waals surface area contributed by atoms with Crippen LogP contribution in [-0.2, 0) is 0 Å². The maximum atomic E-state index is 12.5. The van der Waals surface area contributed by atoms with Crippen LogP contribution in [0.25, 0.3) is 0 Å². The molecular formula is C12H14BrF3N2. The van der Waals surface area contributed by atoms with Gasteiger partial charge in [0, 0.05) is 6.04 Å². The zero-order valence-corrected chi connectivity index (χ0v) is 11.3. The average Bonchev–Trinajstić information content (AvgIpc) is 2.32. The molecule has 0 aliphatic heterocycles. The fraction of sp³-hybridized carbons (Fsp3) is 0.583. The van der Waals surface area contributed by atoms with Crippen molar-refractivity contribution in [2.45, 2.75) is 37.9 Å². The van der Waals surface area contributed by atoms with Gasteiger partial charge >= 0.3 is 6.18 Å². The summed E-state index contributed by atoms with van der Waals surface area (Å²) in [7, 11) is 0. The first-order valence-corrected chi connectivity index (χ1v) is 6.69. The molecule has 1 aromatic rings. The Hall–Kier alpha value is -0.780. The number of aromatic nitrogens is 1. The molecule has 18 heavy (non-hydrogen) atoms. The molecule has 0 radical (unpaired) electrons. The van der Waals surface area contributed by atoms with Crippen LogP contribution in [0.2, 0.25) is 0 Å². The molecule has 0 atom stereocenters. The van der Waals surface area contributed by atoms with E-state index in [1.165, 1.54) is 0 Å². The molecule has 1 fully saturated rings. The van der Waals surface area contributed by atoms with Gasteiger partial charge in [0.2, 0.25) is 0 Å². The van der Waals surface area contributed by atoms with Crippen LogP contribution in [0.5, 0.6) is 0 Å². The van der Waals surface area contributed by atoms with Crippen molar-refractivity contribution in [1.82, 2.24) is 4.98 Å². The van der Waals surface area contributed by atoms with Crippen molar-refractivity contribution in [2.24, 2.45) is 5.92 Å². The van der Waals surface area contributed by atoms with E-state index in [9.17, 15) is 13.2 Å². The van der Waals surface area contributed by atoms with Crippen LogP contribution in [0.3, 0.4) is 0 Å². The Labute approximate surface area is 112 Å². The quantitative estimate of drug-likeness (QED) is 0.817. The highest BCUT2D eigenvalue weighted by Gasteiger charge is 2.41. The van der Waals surface area contributed by atoms with Crippen LogP contribution in [-0.4, -0.2) is 17.2 Å². The molecule has 1 aliphatic carbocycles. The second-order valence-corrected chi connectivity index (χ2v) is 5.42. The number of alkyl halides is 3. The van der Waals surface area contributed by atoms with Crippen molar-refractivity contribution in [3.05, 3.63) is 22.9 Å². The summed E-state index contributed by atoms with van der Waals surface area (Å²) in [5.74, 6) is -1.13. The summed E-state index contributed by atoms with van der Waals surface area (Å²) in [6, 6.07) is 3.79. The number of pyridine rings is 1. The summed E-state index contributed by atoms with van der Waals surface area (Å²) < 4.78 is 38.3. The third-order valence-corrected chi connectivity index (χ3v) is 3.76. The van der Waals surface area contributed by atoms with Crippen LogP contribution in [0, 0.1) is 5.92 Å². The fourth-order valence-electron chi connectivity index (χ4n) is 2.26. The number of hydrogen-bond acceptors (Lipinski definition) is 2. The zero-order valence-electron chi connectivity index (χ0n) is 9.67. The minimum absolute atomic E-state index is 0.117. The Morgan fingerprint density at radius 2 is 1.83 bits per heavy atom. The molecule has 6 heteroatoms. The lowest BCUT2D eigenvalue weighted by molar-refractivity contribution is -0.182. The number of halogens is 4. The molecule has 1 heterocycles. The highest BCUT2D eigenvalue weighted by Crippen LogP contribution is 2.38. The van der Waals surface area contributed by atoms with E-state index in [-0.39, 0.29) is 18.9 Å². The third-order valence-electron chi connectivity index (χ3n) is 3.29. The Bertz CT molecular complexity index is 383. The standard InChI is InChI=1S/C12H14BrF3N2/c13-11-6-5-10(7-17-11)18-9-3-1-8(2-4-9)12(14,15)16/h5-9,18H,1-4H2. The van der Waals surface area contributed by atoms with Crippen molar-refractivity contribution >= 4 is 21.6 Å². The van der Waals surface area contributed by atoms with Gasteiger partial charge in [-0.3, -0.25) is 0 Å². The lowest BCUT2D eigenvalue weighted by Crippen LogP contribution is -2.32. The van der Waals surface area contributed by atoms with E-state index in [1.807, 2.05) is 12.1 Å². The van der Waals surface area contributed by atoms with Crippen LogP contribution in [0.15, 0.2) is 22.9 Å². The van der Waals surface area contributed by atoms with Crippen molar-refractivity contribution in [1.29, 1.82) is 0 Å². The molecule has 2 rings (SSSR count). The van der Waals surface area contributed by atoms with Crippen LogP contribution in [0.1, 0.15) is 25.7 Å². The highest BCUT2D eigenvalue weighted by atomic mass is 79.9. The minimum Gasteiger partial charge on any atom is -0.381 e. The second-order valence-electron chi connectivity index (χ2n) is 4.60. The van der Waals surface area contributed by atoms with Gasteiger partial charge in [0.25, 0.3) is 0 Å². The van der Waals surface area contributed by atoms with Gasteiger partial charge in [-0.2, -0.15) is 13.2 Å². The van der Waals surface area contributed by atoms with Crippen molar-refractivity contribution < 1.29 is 13.2 Å². The molecule has 2 nitrogen and oxygen atoms in total. The summed E-state index contributed by atoms with van der Waals surface area (Å²) in [5.41, 5.74) is 0.855. The summed E-state index contributed by atoms with van der Waals surface area (Å²) in [5, 5.41) is 3.23. The summed E-state index contributed by atoms with van der Waals surface area (Å²) in [6.45, 7) is 0. The first-order chi connectivity index (χ1) is 8.45. The van der Waals surface area contributed by atoms with Gasteiger partial charge in [-0.15, -0.1) is 0 Å². The third kappa shape index (κ3) is 3.60. The van der Waals surface area contributed by atoms with Crippen molar-refractivity contribution in [3.8, 4) is 0 Å². The summed E-state index contributed by atoms with van der Waals surface area (Å²) in [4.78, 5) is 4.07. The number of hydrogen-bond donors (Lipinski definition) is 1. The predicted molar refractivity (Wildman–Crippen MR) is 67.4 cm³/mol. The Morgan fingerprint density at radius 1 is 1.17 bits per heavy atom. The van der Waals surface area contributed by atoms with Crippen LogP contribution in [0.4, 0.5) is 18.9 Å². The maximum Gasteiger partial charge on any atom is 0.391 e. The molecule has 0 aromatic carbocycles. The van der Waals surface area contributed by atoms with E-state index in [1.54, 1.807) is 6.20 Å². The Kier molecular flexibility index (Phi) is 4.14. The number of nitrogens with one attached hydrogen (secondary N) is 1. The molecular weight excluding hydrogens is 309 g/mol. The van der Waals surface area contributed by atoms with Gasteiger partial charge in [-0.1, -0.05) is 0 Å². The van der Waals surface area contributed by atoms with E-state index >= 15 is 0 Å². The van der Waals surface area contributed by atoms with Crippen molar-refractivity contribution in [2.75, 3.05) is 5.32 Å². The first-order valence-electron chi connectivity index (χ1n) is 5.90. The smallest absolute Gasteiger partial charge is 0.381 e. The van der Waals surface area contributed by atoms with Gasteiger partial charge < -0.3 is 5.32 Å². The second kappa shape index (κ2) is 5.47. The van der Waals surface area contributed by atoms with Crippen LogP contribution >= 0.6 is 15.9 Å². The first kappa shape index (κ1) is 13.6. The number of anilines is 1. The van der Waals surface area contributed by atoms with Crippen LogP contribution < -0.4 is 5.32 Å². The molecule has 100 valence electrons. The molecule has 1 aromatic heterocycles. The van der Waals surface area contributed by atoms with E-state index in [4.69, 9.17) is 0 Å². The molecule has 1 N–H and O–H groups in total. The van der Waals surface area contributed by atoms with Gasteiger partial charge in [0.05, 0.1) is 17.8 Å². The average molecular weight is 323 g/mol. The van der Waals surface area contributed by atoms with Crippen molar-refractivity contribution in [3.63, 3.8) is 0 Å². The minimum atomic E-state index is -4.04. The van der Waals surface area contributed by atoms with E-state index < -0.39 is 12.1 Å². The molecule has 1 aliphatic rings. The lowest BCUT2D eigenvalue weighted by atomic mass is 9.85. The Morgan fingerprint density at radius 3 is 2.33 bits per heavy atom. The number of nitrogens with zero attached hydrogens (tertiary/aromatic N) is 1. The SMILES string of the molecule is FC(F)(F)C1CCC(Nc2ccc(Br)nc2)CC1. The zero-order chi connectivity index (χ0) is 13.2. The number of rotatable bonds is 2. The maximum absolute atomic E-state index is 12.5. The highest BCUT2D eigenvalue weighted by molar-refractivity contribution is 9.10. The molecule has 0 saturated heterocycles. The van der Waals surface area contributed by atoms with Gasteiger partial charge in [-0.05, 0) is 53.7 Å². The van der Waals surface area contributed by atoms with Gasteiger partial charge in [-0.25, -0.2) is 4.98 Å². The molecule has 0 bridgehead atoms. The Balaban J connectivity index is 1.85. The van der Waals surface area contributed by atoms with Gasteiger partial charge in [0.15, 0.2) is 0 Å². The van der Waals surface area contributed by atoms with E-state index in [2.05, 4.69) is 26.2 Å². The predicted octanol–water partition coefficient (Wildman–Crippen LogP) is 4.38.